The van der Waals surface area contributed by atoms with Crippen LogP contribution in [0.1, 0.15) is 29.9 Å². The van der Waals surface area contributed by atoms with E-state index in [9.17, 15) is 29.4 Å². The molecular formula is C28H36N6O7. The number of rotatable bonds is 5. The second-order valence-electron chi connectivity index (χ2n) is 10.7. The number of pyridine rings is 2. The predicted molar refractivity (Wildman–Crippen MR) is 145 cm³/mol. The molecule has 0 bridgehead atoms. The van der Waals surface area contributed by atoms with E-state index in [2.05, 4.69) is 20.6 Å². The van der Waals surface area contributed by atoms with E-state index in [4.69, 9.17) is 4.74 Å². The van der Waals surface area contributed by atoms with Gasteiger partial charge in [-0.05, 0) is 37.1 Å². The van der Waals surface area contributed by atoms with Crippen molar-refractivity contribution in [3.63, 3.8) is 0 Å². The van der Waals surface area contributed by atoms with Crippen molar-refractivity contribution in [3.05, 3.63) is 54.1 Å². The summed E-state index contributed by atoms with van der Waals surface area (Å²) >= 11 is 0. The van der Waals surface area contributed by atoms with Gasteiger partial charge in [-0.1, -0.05) is 13.0 Å². The Balaban J connectivity index is 1.74. The number of likely N-dealkylation sites (N-methyl/N-ethyl adjacent to an activating group) is 2. The van der Waals surface area contributed by atoms with Crippen molar-refractivity contribution < 1.29 is 34.1 Å². The standard InChI is InChI=1S/C28H36N6O7/c1-15-24(36)19(11-17-7-5-9-29-12-17)31-25(37)21(32-26(38)22-20(35)8-6-10-30-22)16(2)33(3)28(40)23(18-13-41-14-18)34(4)27(15)39/h5-10,12,15-16,18-19,21,23-24,35-36H,11,13-14H2,1-4H3,(H,31,37)(H,32,38)/t15-,16-,19+,21+,23?,24+/m1/s1. The fourth-order valence-electron chi connectivity index (χ4n) is 5.19. The van der Waals surface area contributed by atoms with E-state index in [1.165, 1.54) is 42.2 Å². The summed E-state index contributed by atoms with van der Waals surface area (Å²) in [7, 11) is 3.02. The molecule has 0 aliphatic carbocycles. The Hall–Kier alpha value is -4.10. The van der Waals surface area contributed by atoms with Crippen LogP contribution in [0, 0.1) is 11.8 Å². The van der Waals surface area contributed by atoms with Crippen LogP contribution in [0.25, 0.3) is 0 Å². The highest BCUT2D eigenvalue weighted by Gasteiger charge is 2.46. The third-order valence-corrected chi connectivity index (χ3v) is 7.96. The Morgan fingerprint density at radius 2 is 1.80 bits per heavy atom. The molecule has 4 rings (SSSR count). The molecule has 13 heteroatoms. The monoisotopic (exact) mass is 568 g/mol. The third kappa shape index (κ3) is 6.30. The summed E-state index contributed by atoms with van der Waals surface area (Å²) in [6.45, 7) is 3.69. The molecule has 0 spiro atoms. The van der Waals surface area contributed by atoms with Gasteiger partial charge in [0.2, 0.25) is 17.7 Å². The summed E-state index contributed by atoms with van der Waals surface area (Å²) in [5.41, 5.74) is 0.420. The predicted octanol–water partition coefficient (Wildman–Crippen LogP) is -0.661. The normalized spacial score (nSPS) is 28.3. The van der Waals surface area contributed by atoms with Gasteiger partial charge in [0.1, 0.15) is 17.8 Å². The van der Waals surface area contributed by atoms with Crippen LogP contribution in [-0.2, 0) is 25.5 Å². The molecule has 220 valence electrons. The van der Waals surface area contributed by atoms with E-state index in [0.717, 1.165) is 0 Å². The molecule has 1 unspecified atom stereocenters. The van der Waals surface area contributed by atoms with E-state index >= 15 is 0 Å². The number of carbonyl (C=O) groups is 4. The molecule has 2 aromatic heterocycles. The van der Waals surface area contributed by atoms with Crippen LogP contribution < -0.4 is 10.6 Å². The van der Waals surface area contributed by atoms with Gasteiger partial charge >= 0.3 is 0 Å². The molecule has 4 N–H and O–H groups in total. The molecule has 4 amide bonds. The zero-order valence-electron chi connectivity index (χ0n) is 23.4. The average Bonchev–Trinajstić information content (AvgIpc) is 2.94. The van der Waals surface area contributed by atoms with Crippen molar-refractivity contribution in [2.24, 2.45) is 11.8 Å². The van der Waals surface area contributed by atoms with Gasteiger partial charge in [-0.3, -0.25) is 24.2 Å². The number of carbonyl (C=O) groups excluding carboxylic acids is 4. The van der Waals surface area contributed by atoms with E-state index in [1.807, 2.05) is 0 Å². The SMILES string of the molecule is C[C@@H]1[C@H](NC(=O)c2ncccc2O)C(=O)N[C@@H](Cc2cccnc2)[C@@H](O)[C@@H](C)C(=O)N(C)C(C2COC2)C(=O)N1C. The fourth-order valence-corrected chi connectivity index (χ4v) is 5.19. The number of hydrogen-bond acceptors (Lipinski definition) is 9. The molecule has 0 saturated carbocycles. The lowest BCUT2D eigenvalue weighted by Crippen LogP contribution is -2.65. The Labute approximate surface area is 237 Å². The van der Waals surface area contributed by atoms with Crippen LogP contribution in [0.5, 0.6) is 5.75 Å². The topological polar surface area (TPSA) is 174 Å². The number of nitrogens with one attached hydrogen (secondary N) is 2. The first kappa shape index (κ1) is 29.9. The van der Waals surface area contributed by atoms with E-state index in [1.54, 1.807) is 38.4 Å². The summed E-state index contributed by atoms with van der Waals surface area (Å²) in [5.74, 6) is -4.05. The second kappa shape index (κ2) is 12.6. The summed E-state index contributed by atoms with van der Waals surface area (Å²) in [6.07, 6.45) is 3.32. The Morgan fingerprint density at radius 1 is 1.10 bits per heavy atom. The van der Waals surface area contributed by atoms with Crippen LogP contribution in [0.3, 0.4) is 0 Å². The van der Waals surface area contributed by atoms with E-state index in [-0.39, 0.29) is 37.0 Å². The van der Waals surface area contributed by atoms with Crippen molar-refractivity contribution in [2.45, 2.75) is 50.5 Å². The van der Waals surface area contributed by atoms with Crippen molar-refractivity contribution in [1.82, 2.24) is 30.4 Å². The number of aliphatic hydroxyl groups is 1. The maximum atomic E-state index is 13.8. The number of nitrogens with zero attached hydrogens (tertiary/aromatic N) is 4. The molecule has 2 aromatic rings. The van der Waals surface area contributed by atoms with Gasteiger partial charge in [-0.25, -0.2) is 4.98 Å². The molecular weight excluding hydrogens is 532 g/mol. The molecule has 0 radical (unpaired) electrons. The maximum absolute atomic E-state index is 13.8. The highest BCUT2D eigenvalue weighted by Crippen LogP contribution is 2.26. The van der Waals surface area contributed by atoms with Crippen LogP contribution in [0.2, 0.25) is 0 Å². The van der Waals surface area contributed by atoms with Crippen LogP contribution in [0.15, 0.2) is 42.9 Å². The summed E-state index contributed by atoms with van der Waals surface area (Å²) < 4.78 is 5.32. The molecule has 0 aromatic carbocycles. The first-order valence-corrected chi connectivity index (χ1v) is 13.4. The van der Waals surface area contributed by atoms with Gasteiger partial charge in [-0.15, -0.1) is 0 Å². The summed E-state index contributed by atoms with van der Waals surface area (Å²) in [6, 6.07) is 2.18. The number of aromatic hydroxyl groups is 1. The van der Waals surface area contributed by atoms with E-state index in [0.29, 0.717) is 5.56 Å². The molecule has 13 nitrogen and oxygen atoms in total. The molecule has 4 heterocycles. The largest absolute Gasteiger partial charge is 0.505 e. The van der Waals surface area contributed by atoms with Crippen molar-refractivity contribution in [2.75, 3.05) is 27.3 Å². The zero-order valence-corrected chi connectivity index (χ0v) is 23.4. The van der Waals surface area contributed by atoms with Crippen molar-refractivity contribution in [3.8, 4) is 5.75 Å². The Bertz CT molecular complexity index is 1270. The fraction of sp³-hybridized carbons (Fsp3) is 0.500. The average molecular weight is 569 g/mol. The lowest BCUT2D eigenvalue weighted by molar-refractivity contribution is -0.161. The highest BCUT2D eigenvalue weighted by molar-refractivity contribution is 5.98. The number of aromatic nitrogens is 2. The number of aliphatic hydroxyl groups excluding tert-OH is 1. The van der Waals surface area contributed by atoms with E-state index < -0.39 is 59.8 Å². The quantitative estimate of drug-likeness (QED) is 0.365. The third-order valence-electron chi connectivity index (χ3n) is 7.96. The molecule has 2 aliphatic rings. The molecule has 2 aliphatic heterocycles. The number of ether oxygens (including phenoxy) is 1. The molecule has 41 heavy (non-hydrogen) atoms. The minimum Gasteiger partial charge on any atom is -0.505 e. The van der Waals surface area contributed by atoms with Gasteiger partial charge in [0.25, 0.3) is 5.91 Å². The smallest absolute Gasteiger partial charge is 0.274 e. The van der Waals surface area contributed by atoms with Gasteiger partial charge in [0, 0.05) is 38.6 Å². The molecule has 6 atom stereocenters. The molecule has 2 fully saturated rings. The Kier molecular flexibility index (Phi) is 9.18. The highest BCUT2D eigenvalue weighted by atomic mass is 16.5. The molecule has 2 saturated heterocycles. The lowest BCUT2D eigenvalue weighted by Gasteiger charge is -2.44. The van der Waals surface area contributed by atoms with Crippen molar-refractivity contribution >= 4 is 23.6 Å². The van der Waals surface area contributed by atoms with Crippen LogP contribution >= 0.6 is 0 Å². The van der Waals surface area contributed by atoms with Gasteiger partial charge < -0.3 is 35.4 Å². The first-order valence-electron chi connectivity index (χ1n) is 13.4. The number of hydrogen-bond donors (Lipinski definition) is 4. The summed E-state index contributed by atoms with van der Waals surface area (Å²) in [4.78, 5) is 65.1. The zero-order chi connectivity index (χ0) is 29.8. The Morgan fingerprint density at radius 3 is 2.41 bits per heavy atom. The van der Waals surface area contributed by atoms with Crippen LogP contribution in [0.4, 0.5) is 0 Å². The van der Waals surface area contributed by atoms with Crippen molar-refractivity contribution in [1.29, 1.82) is 0 Å². The van der Waals surface area contributed by atoms with Gasteiger partial charge in [0.05, 0.1) is 37.3 Å². The summed E-state index contributed by atoms with van der Waals surface area (Å²) in [5, 5.41) is 27.0. The minimum absolute atomic E-state index is 0.146. The minimum atomic E-state index is -1.34. The van der Waals surface area contributed by atoms with Gasteiger partial charge in [0.15, 0.2) is 5.69 Å². The van der Waals surface area contributed by atoms with Gasteiger partial charge in [-0.2, -0.15) is 0 Å². The second-order valence-corrected chi connectivity index (χ2v) is 10.7. The maximum Gasteiger partial charge on any atom is 0.274 e. The first-order chi connectivity index (χ1) is 19.5. The lowest BCUT2D eigenvalue weighted by atomic mass is 9.89. The van der Waals surface area contributed by atoms with Crippen LogP contribution in [-0.4, -0.2) is 111 Å². The number of amides is 4.